The molecule has 0 amide bonds. The third-order valence-electron chi connectivity index (χ3n) is 11.6. The minimum absolute atomic E-state index is 0.197. The van der Waals surface area contributed by atoms with E-state index in [2.05, 4.69) is 116 Å². The highest BCUT2D eigenvalue weighted by Gasteiger charge is 2.35. The summed E-state index contributed by atoms with van der Waals surface area (Å²) in [5.74, 6) is 1.49. The van der Waals surface area contributed by atoms with Gasteiger partial charge in [0.25, 0.3) is 0 Å². The Kier molecular flexibility index (Phi) is 9.62. The molecule has 2 aromatic carbocycles. The van der Waals surface area contributed by atoms with Gasteiger partial charge in [-0.15, -0.1) is 0 Å². The molecule has 4 aliphatic heterocycles. The van der Waals surface area contributed by atoms with Crippen LogP contribution in [0.3, 0.4) is 0 Å². The zero-order valence-corrected chi connectivity index (χ0v) is 32.4. The first-order chi connectivity index (χ1) is 26.1. The zero-order chi connectivity index (χ0) is 37.7. The average molecular weight is 744 g/mol. The van der Waals surface area contributed by atoms with Crippen LogP contribution in [0.2, 0.25) is 5.02 Å². The summed E-state index contributed by atoms with van der Waals surface area (Å²) in [6.07, 6.45) is 7.57. The molecule has 3 saturated heterocycles. The van der Waals surface area contributed by atoms with Crippen LogP contribution in [0, 0.1) is 0 Å². The Labute approximate surface area is 323 Å². The third-order valence-corrected chi connectivity index (χ3v) is 11.8. The molecular weight excluding hydrogens is 694 g/mol. The van der Waals surface area contributed by atoms with Crippen LogP contribution in [0.15, 0.2) is 97.3 Å². The Morgan fingerprint density at radius 1 is 1.02 bits per heavy atom. The van der Waals surface area contributed by atoms with Gasteiger partial charge in [0, 0.05) is 123 Å². The van der Waals surface area contributed by atoms with Crippen molar-refractivity contribution in [3.63, 3.8) is 0 Å². The lowest BCUT2D eigenvalue weighted by Gasteiger charge is -2.49. The van der Waals surface area contributed by atoms with E-state index in [9.17, 15) is 0 Å². The number of fused-ring (bicyclic) bond motifs is 2. The maximum atomic E-state index is 6.64. The molecule has 4 aromatic rings. The second-order valence-electron chi connectivity index (χ2n) is 14.9. The van der Waals surface area contributed by atoms with E-state index >= 15 is 0 Å². The molecule has 6 heterocycles. The lowest BCUT2D eigenvalue weighted by atomic mass is 9.90. The minimum atomic E-state index is 0.197. The van der Waals surface area contributed by atoms with Crippen LogP contribution in [0.1, 0.15) is 42.9 Å². The zero-order valence-electron chi connectivity index (χ0n) is 31.6. The van der Waals surface area contributed by atoms with E-state index in [0.717, 1.165) is 116 Å². The number of anilines is 5. The first-order valence-electron chi connectivity index (χ1n) is 18.8. The van der Waals surface area contributed by atoms with Gasteiger partial charge in [-0.25, -0.2) is 4.98 Å². The highest BCUT2D eigenvalue weighted by atomic mass is 35.5. The normalized spacial score (nSPS) is 19.4. The van der Waals surface area contributed by atoms with E-state index in [0.29, 0.717) is 22.8 Å². The van der Waals surface area contributed by atoms with Gasteiger partial charge < -0.3 is 30.7 Å². The van der Waals surface area contributed by atoms with Crippen molar-refractivity contribution >= 4 is 57.4 Å². The molecule has 1 unspecified atom stereocenters. The van der Waals surface area contributed by atoms with Gasteiger partial charge in [-0.05, 0) is 73.7 Å². The maximum absolute atomic E-state index is 6.64. The number of rotatable bonds is 10. The fourth-order valence-corrected chi connectivity index (χ4v) is 8.27. The summed E-state index contributed by atoms with van der Waals surface area (Å²) in [6, 6.07) is 13.6. The molecule has 2 aromatic heterocycles. The number of hydrogen-bond donors (Lipinski definition) is 3. The Balaban J connectivity index is 0.878. The number of piperazine rings is 1. The Hall–Kier alpha value is -5.26. The van der Waals surface area contributed by atoms with Gasteiger partial charge in [-0.1, -0.05) is 37.9 Å². The van der Waals surface area contributed by atoms with Crippen molar-refractivity contribution in [3.05, 3.63) is 114 Å². The molecule has 3 N–H and O–H groups in total. The summed E-state index contributed by atoms with van der Waals surface area (Å²) >= 11 is 6.64. The molecule has 11 nitrogen and oxygen atoms in total. The fourth-order valence-electron chi connectivity index (χ4n) is 8.13. The summed E-state index contributed by atoms with van der Waals surface area (Å²) < 4.78 is 2.02. The molecule has 0 aliphatic carbocycles. The average Bonchev–Trinajstić information content (AvgIpc) is 3.47. The van der Waals surface area contributed by atoms with Crippen molar-refractivity contribution in [1.29, 1.82) is 0 Å². The van der Waals surface area contributed by atoms with Crippen molar-refractivity contribution in [2.45, 2.75) is 37.6 Å². The number of likely N-dealkylation sites (N-methyl/N-ethyl adjacent to an activating group) is 1. The van der Waals surface area contributed by atoms with Crippen molar-refractivity contribution in [2.75, 3.05) is 73.4 Å². The molecular formula is C42H50ClN11. The largest absolute Gasteiger partial charge is 0.392 e. The Morgan fingerprint density at radius 2 is 1.81 bits per heavy atom. The number of benzene rings is 2. The van der Waals surface area contributed by atoms with Gasteiger partial charge in [0.15, 0.2) is 5.82 Å². The summed E-state index contributed by atoms with van der Waals surface area (Å²) in [5.41, 5.74) is 11.9. The molecule has 3 fully saturated rings. The van der Waals surface area contributed by atoms with Gasteiger partial charge in [0.05, 0.1) is 17.4 Å². The number of nitrogens with zero attached hydrogens (tertiary/aromatic N) is 8. The van der Waals surface area contributed by atoms with Crippen molar-refractivity contribution in [2.24, 2.45) is 7.05 Å². The van der Waals surface area contributed by atoms with Crippen LogP contribution in [0.4, 0.5) is 28.8 Å². The number of allylic oxidation sites excluding steroid dienone is 4. The van der Waals surface area contributed by atoms with Crippen LogP contribution in [-0.4, -0.2) is 84.1 Å². The molecule has 0 spiro atoms. The number of halogens is 1. The van der Waals surface area contributed by atoms with E-state index in [1.54, 1.807) is 6.20 Å². The highest BCUT2D eigenvalue weighted by molar-refractivity contribution is 6.32. The van der Waals surface area contributed by atoms with Crippen molar-refractivity contribution in [3.8, 4) is 0 Å². The molecule has 0 bridgehead atoms. The molecule has 12 heteroatoms. The van der Waals surface area contributed by atoms with Gasteiger partial charge in [-0.3, -0.25) is 9.58 Å². The predicted molar refractivity (Wildman–Crippen MR) is 224 cm³/mol. The fraction of sp³-hybridized carbons (Fsp3) is 0.357. The molecule has 1 atom stereocenters. The quantitative estimate of drug-likeness (QED) is 0.156. The van der Waals surface area contributed by atoms with Crippen molar-refractivity contribution < 1.29 is 0 Å². The van der Waals surface area contributed by atoms with E-state index in [1.807, 2.05) is 18.8 Å². The summed E-state index contributed by atoms with van der Waals surface area (Å²) in [5, 5.41) is 16.6. The van der Waals surface area contributed by atoms with Gasteiger partial charge in [-0.2, -0.15) is 10.1 Å². The van der Waals surface area contributed by atoms with Crippen LogP contribution in [-0.2, 0) is 7.05 Å². The summed E-state index contributed by atoms with van der Waals surface area (Å²) in [7, 11) is 6.01. The van der Waals surface area contributed by atoms with Gasteiger partial charge >= 0.3 is 0 Å². The second kappa shape index (κ2) is 14.5. The van der Waals surface area contributed by atoms with Gasteiger partial charge in [0.1, 0.15) is 5.02 Å². The molecule has 8 rings (SSSR count). The van der Waals surface area contributed by atoms with Crippen LogP contribution >= 0.6 is 11.6 Å². The Bertz CT molecular complexity index is 2190. The minimum Gasteiger partial charge on any atom is -0.392 e. The predicted octanol–water partition coefficient (Wildman–Crippen LogP) is 7.13. The van der Waals surface area contributed by atoms with Crippen LogP contribution in [0.5, 0.6) is 0 Å². The number of piperidine rings is 1. The highest BCUT2D eigenvalue weighted by Crippen LogP contribution is 2.39. The number of aryl methyl sites for hydroxylation is 1. The summed E-state index contributed by atoms with van der Waals surface area (Å²) in [4.78, 5) is 19.0. The molecule has 0 radical (unpaired) electrons. The standard InChI is InChI=1S/C42H50ClN11/c1-26(44-5)8-10-30-20-31-21-32(11-15-38(31)50(6)29(30)4)47-41-37(43)23-45-42(48-41)53-18-16-52(17-19-53)34-24-54(25-34)33-12-14-36-39(22-33)51(7)49-40(36)35-13-9-27(2)46-28(35)3/h11-12,14-15,20-23,34-35,44,46H,1-4,8-10,13,16-19,24-25H2,5-7H3,(H,45,47,48). The summed E-state index contributed by atoms with van der Waals surface area (Å²) in [6.45, 7) is 22.4. The number of nitrogens with one attached hydrogen (secondary N) is 3. The van der Waals surface area contributed by atoms with Gasteiger partial charge in [0.2, 0.25) is 5.95 Å². The molecule has 4 aliphatic rings. The van der Waals surface area contributed by atoms with Crippen LogP contribution < -0.4 is 30.7 Å². The van der Waals surface area contributed by atoms with Crippen molar-refractivity contribution in [1.82, 2.24) is 35.3 Å². The second-order valence-corrected chi connectivity index (χ2v) is 15.3. The molecule has 280 valence electrons. The lowest BCUT2D eigenvalue weighted by Crippen LogP contribution is -2.63. The molecule has 0 saturated carbocycles. The first-order valence-corrected chi connectivity index (χ1v) is 19.2. The first kappa shape index (κ1) is 35.8. The van der Waals surface area contributed by atoms with E-state index in [-0.39, 0.29) is 5.92 Å². The smallest absolute Gasteiger partial charge is 0.227 e. The van der Waals surface area contributed by atoms with E-state index in [4.69, 9.17) is 21.7 Å². The SMILES string of the molecule is C=C(CCC1=Cc2cc(Nc3nc(N4CCN(C5CN(c6ccc7c(C8CCC(=C)NC8=C)nn(C)c7c6)C5)CC4)ncc3Cl)ccc2N(C)C1=C)NC. The topological polar surface area (TPSA) is 92.7 Å². The van der Waals surface area contributed by atoms with E-state index < -0.39 is 0 Å². The number of aromatic nitrogens is 4. The Morgan fingerprint density at radius 3 is 2.57 bits per heavy atom. The lowest BCUT2D eigenvalue weighted by molar-refractivity contribution is 0.157. The maximum Gasteiger partial charge on any atom is 0.227 e. The van der Waals surface area contributed by atoms with Crippen LogP contribution in [0.25, 0.3) is 17.0 Å². The molecule has 54 heavy (non-hydrogen) atoms. The van der Waals surface area contributed by atoms with E-state index in [1.165, 1.54) is 16.6 Å². The third kappa shape index (κ3) is 6.82. The number of hydrogen-bond acceptors (Lipinski definition) is 10. The monoisotopic (exact) mass is 743 g/mol.